The third kappa shape index (κ3) is 5.80. The number of carbonyl (C=O) groups excluding carboxylic acids is 2. The number of aliphatic carboxylic acids is 1. The molecule has 0 aliphatic carbocycles. The monoisotopic (exact) mass is 377 g/mol. The Balaban J connectivity index is 3.19. The summed E-state index contributed by atoms with van der Waals surface area (Å²) in [5, 5.41) is 10.0. The maximum absolute atomic E-state index is 12.2. The molecule has 26 heavy (non-hydrogen) atoms. The van der Waals surface area contributed by atoms with E-state index in [1.54, 1.807) is 0 Å². The first-order valence-corrected chi connectivity index (χ1v) is 11.7. The summed E-state index contributed by atoms with van der Waals surface area (Å²) < 4.78 is 0. The van der Waals surface area contributed by atoms with Gasteiger partial charge in [-0.25, -0.2) is 0 Å². The van der Waals surface area contributed by atoms with Crippen LogP contribution < -0.4 is 0 Å². The Morgan fingerprint density at radius 3 is 1.69 bits per heavy atom. The van der Waals surface area contributed by atoms with Gasteiger partial charge in [0.05, 0.1) is 13.6 Å². The largest absolute Gasteiger partial charge is 0.481 e. The van der Waals surface area contributed by atoms with E-state index < -0.39 is 19.6 Å². The molecule has 5 nitrogen and oxygen atoms in total. The molecule has 1 saturated heterocycles. The van der Waals surface area contributed by atoms with Gasteiger partial charge in [0.15, 0.2) is 0 Å². The average Bonchev–Trinajstić information content (AvgIpc) is 2.76. The molecule has 0 aromatic heterocycles. The van der Waals surface area contributed by atoms with E-state index in [0.717, 1.165) is 16.7 Å². The third-order valence-corrected chi connectivity index (χ3v) is 10.7. The number of allylic oxidation sites excluding steroid dienone is 3. The number of likely N-dealkylation sites (tertiary alicyclic amines) is 1. The molecule has 6 heteroatoms. The van der Waals surface area contributed by atoms with Crippen LogP contribution in [-0.4, -0.2) is 42.4 Å². The van der Waals surface area contributed by atoms with Crippen molar-refractivity contribution in [3.05, 3.63) is 36.5 Å². The lowest BCUT2D eigenvalue weighted by molar-refractivity contribution is -0.141. The van der Waals surface area contributed by atoms with E-state index in [1.165, 1.54) is 4.90 Å². The number of imide groups is 1. The first kappa shape index (κ1) is 22.1. The molecule has 0 aromatic carbocycles. The van der Waals surface area contributed by atoms with Gasteiger partial charge in [-0.2, -0.15) is 0 Å². The fourth-order valence-corrected chi connectivity index (χ4v) is 10.2. The van der Waals surface area contributed by atoms with Crippen molar-refractivity contribution < 1.29 is 19.5 Å². The number of hydrogen-bond donors (Lipinski definition) is 1. The SMILES string of the molecule is C=C(C)C[Si](CC(=C)C)(CC(=C)C)C(CCN1C(=O)CCC1=O)C(=O)O. The molecule has 0 spiro atoms. The van der Waals surface area contributed by atoms with Gasteiger partial charge < -0.3 is 5.11 Å². The highest BCUT2D eigenvalue weighted by molar-refractivity contribution is 6.85. The second kappa shape index (κ2) is 9.12. The molecule has 1 unspecified atom stereocenters. The minimum atomic E-state index is -2.44. The molecule has 1 atom stereocenters. The summed E-state index contributed by atoms with van der Waals surface area (Å²) in [5.74, 6) is -1.27. The zero-order valence-electron chi connectivity index (χ0n) is 16.3. The Bertz CT molecular complexity index is 581. The van der Waals surface area contributed by atoms with E-state index in [-0.39, 0.29) is 37.6 Å². The van der Waals surface area contributed by atoms with Crippen LogP contribution in [0.5, 0.6) is 0 Å². The van der Waals surface area contributed by atoms with Gasteiger partial charge in [0, 0.05) is 19.4 Å². The maximum Gasteiger partial charge on any atom is 0.303 e. The summed E-state index contributed by atoms with van der Waals surface area (Å²) in [6.07, 6.45) is 0.734. The molecule has 144 valence electrons. The highest BCUT2D eigenvalue weighted by Crippen LogP contribution is 2.42. The van der Waals surface area contributed by atoms with Crippen LogP contribution in [0.15, 0.2) is 36.5 Å². The van der Waals surface area contributed by atoms with Crippen LogP contribution in [0, 0.1) is 0 Å². The summed E-state index contributed by atoms with van der Waals surface area (Å²) in [6.45, 7) is 18.0. The van der Waals surface area contributed by atoms with Gasteiger partial charge in [-0.05, 0) is 45.3 Å². The molecule has 1 rings (SSSR count). The zero-order valence-corrected chi connectivity index (χ0v) is 17.3. The molecule has 1 heterocycles. The summed E-state index contributed by atoms with van der Waals surface area (Å²) in [4.78, 5) is 37.2. The van der Waals surface area contributed by atoms with Crippen LogP contribution >= 0.6 is 0 Å². The number of hydrogen-bond acceptors (Lipinski definition) is 3. The fourth-order valence-electron chi connectivity index (χ4n) is 4.18. The Kier molecular flexibility index (Phi) is 7.75. The van der Waals surface area contributed by atoms with Gasteiger partial charge in [0.25, 0.3) is 0 Å². The number of nitrogens with zero attached hydrogens (tertiary/aromatic N) is 1. The van der Waals surface area contributed by atoms with Crippen molar-refractivity contribution in [1.82, 2.24) is 4.90 Å². The Morgan fingerprint density at radius 1 is 1.00 bits per heavy atom. The van der Waals surface area contributed by atoms with Gasteiger partial charge in [-0.1, -0.05) is 16.7 Å². The van der Waals surface area contributed by atoms with Crippen LogP contribution in [0.4, 0.5) is 0 Å². The fraction of sp³-hybridized carbons (Fsp3) is 0.550. The molecule has 2 amide bonds. The number of carboxylic acid groups (broad SMARTS) is 1. The minimum Gasteiger partial charge on any atom is -0.481 e. The molecular weight excluding hydrogens is 346 g/mol. The van der Waals surface area contributed by atoms with Crippen molar-refractivity contribution in [2.45, 2.75) is 63.7 Å². The van der Waals surface area contributed by atoms with Crippen LogP contribution in [0.2, 0.25) is 23.7 Å². The average molecular weight is 378 g/mol. The summed E-state index contributed by atoms with van der Waals surface area (Å²) >= 11 is 0. The highest BCUT2D eigenvalue weighted by Gasteiger charge is 2.45. The number of carbonyl (C=O) groups is 3. The lowest BCUT2D eigenvalue weighted by atomic mass is 10.3. The predicted molar refractivity (Wildman–Crippen MR) is 107 cm³/mol. The first-order chi connectivity index (χ1) is 12.0. The van der Waals surface area contributed by atoms with Gasteiger partial charge in [-0.15, -0.1) is 19.7 Å². The number of rotatable bonds is 11. The predicted octanol–water partition coefficient (Wildman–Crippen LogP) is 4.16. The normalized spacial score (nSPS) is 15.9. The third-order valence-electron chi connectivity index (χ3n) is 4.80. The van der Waals surface area contributed by atoms with Gasteiger partial charge in [0.2, 0.25) is 11.8 Å². The van der Waals surface area contributed by atoms with E-state index in [0.29, 0.717) is 18.1 Å². The van der Waals surface area contributed by atoms with E-state index in [1.807, 2.05) is 20.8 Å². The second-order valence-electron chi connectivity index (χ2n) is 7.88. The molecule has 1 aliphatic heterocycles. The van der Waals surface area contributed by atoms with Crippen molar-refractivity contribution in [2.75, 3.05) is 6.54 Å². The number of carboxylic acids is 1. The van der Waals surface area contributed by atoms with E-state index in [9.17, 15) is 19.5 Å². The van der Waals surface area contributed by atoms with Crippen LogP contribution in [-0.2, 0) is 14.4 Å². The molecule has 1 aliphatic rings. The van der Waals surface area contributed by atoms with E-state index in [2.05, 4.69) is 19.7 Å². The molecule has 1 fully saturated rings. The quantitative estimate of drug-likeness (QED) is 0.333. The molecular formula is C20H31NO4Si. The Labute approximate surface area is 157 Å². The van der Waals surface area contributed by atoms with Crippen LogP contribution in [0.1, 0.15) is 40.0 Å². The van der Waals surface area contributed by atoms with Crippen molar-refractivity contribution in [3.8, 4) is 0 Å². The maximum atomic E-state index is 12.2. The highest BCUT2D eigenvalue weighted by atomic mass is 28.3. The Morgan fingerprint density at radius 2 is 1.38 bits per heavy atom. The van der Waals surface area contributed by atoms with E-state index >= 15 is 0 Å². The lowest BCUT2D eigenvalue weighted by Crippen LogP contribution is -2.45. The molecule has 0 saturated carbocycles. The first-order valence-electron chi connectivity index (χ1n) is 8.97. The van der Waals surface area contributed by atoms with Crippen LogP contribution in [0.3, 0.4) is 0 Å². The topological polar surface area (TPSA) is 74.7 Å². The van der Waals surface area contributed by atoms with Gasteiger partial charge in [-0.3, -0.25) is 19.3 Å². The van der Waals surface area contributed by atoms with E-state index in [4.69, 9.17) is 0 Å². The van der Waals surface area contributed by atoms with Crippen molar-refractivity contribution >= 4 is 25.9 Å². The number of amides is 2. The van der Waals surface area contributed by atoms with Crippen molar-refractivity contribution in [3.63, 3.8) is 0 Å². The summed E-state index contributed by atoms with van der Waals surface area (Å²) in [6, 6.07) is 2.02. The second-order valence-corrected chi connectivity index (χ2v) is 12.4. The summed E-state index contributed by atoms with van der Waals surface area (Å²) in [7, 11) is -2.44. The van der Waals surface area contributed by atoms with Crippen LogP contribution in [0.25, 0.3) is 0 Å². The summed E-state index contributed by atoms with van der Waals surface area (Å²) in [5.41, 5.74) is 2.28. The van der Waals surface area contributed by atoms with Crippen molar-refractivity contribution in [1.29, 1.82) is 0 Å². The van der Waals surface area contributed by atoms with Crippen molar-refractivity contribution in [2.24, 2.45) is 0 Å². The zero-order chi connectivity index (χ0) is 20.1. The van der Waals surface area contributed by atoms with Gasteiger partial charge in [0.1, 0.15) is 0 Å². The molecule has 1 N–H and O–H groups in total. The molecule has 0 radical (unpaired) electrons. The minimum absolute atomic E-state index is 0.173. The molecule has 0 aromatic rings. The molecule has 0 bridgehead atoms. The Hall–Kier alpha value is -1.95. The lowest BCUT2D eigenvalue weighted by Gasteiger charge is -2.38. The standard InChI is InChI=1S/C20H31NO4Si/c1-14(2)11-26(12-15(3)4,13-16(5)6)17(20(24)25)9-10-21-18(22)7-8-19(21)23/h17H,1,3,5,7-13H2,2,4,6H3,(H,24,25). The van der Waals surface area contributed by atoms with Gasteiger partial charge >= 0.3 is 5.97 Å². The smallest absolute Gasteiger partial charge is 0.303 e.